The predicted molar refractivity (Wildman–Crippen MR) is 99.6 cm³/mol. The average Bonchev–Trinajstić information content (AvgIpc) is 2.68. The number of hydrogen-bond acceptors (Lipinski definition) is 4. The Morgan fingerprint density at radius 3 is 2.58 bits per heavy atom. The minimum Gasteiger partial charge on any atom is -0.366 e. The van der Waals surface area contributed by atoms with E-state index in [0.717, 1.165) is 31.5 Å². The second-order valence-corrected chi connectivity index (χ2v) is 7.24. The van der Waals surface area contributed by atoms with Gasteiger partial charge in [-0.3, -0.25) is 14.5 Å². The number of carbonyl (C=O) groups excluding carboxylic acids is 2. The molecule has 2 aliphatic rings. The third-order valence-electron chi connectivity index (χ3n) is 5.07. The molecule has 6 nitrogen and oxygen atoms in total. The molecule has 3 rings (SSSR count). The second-order valence-electron chi connectivity index (χ2n) is 7.24. The molecular formula is C20H29N3O3. The van der Waals surface area contributed by atoms with Gasteiger partial charge in [-0.05, 0) is 31.7 Å². The van der Waals surface area contributed by atoms with E-state index in [2.05, 4.69) is 5.32 Å². The van der Waals surface area contributed by atoms with Crippen LogP contribution in [0.1, 0.15) is 30.4 Å². The molecule has 2 amide bonds. The molecule has 1 aromatic carbocycles. The van der Waals surface area contributed by atoms with Gasteiger partial charge in [0.25, 0.3) is 5.91 Å². The summed E-state index contributed by atoms with van der Waals surface area (Å²) in [6, 6.07) is 8.13. The summed E-state index contributed by atoms with van der Waals surface area (Å²) in [4.78, 5) is 28.8. The van der Waals surface area contributed by atoms with Crippen molar-refractivity contribution in [3.8, 4) is 0 Å². The highest BCUT2D eigenvalue weighted by molar-refractivity contribution is 5.82. The molecule has 1 N–H and O–H groups in total. The molecule has 1 aromatic rings. The lowest BCUT2D eigenvalue weighted by molar-refractivity contribution is -0.151. The first-order valence-corrected chi connectivity index (χ1v) is 9.57. The predicted octanol–water partition coefficient (Wildman–Crippen LogP) is 1.32. The lowest BCUT2D eigenvalue weighted by Crippen LogP contribution is -2.53. The number of aryl methyl sites for hydroxylation is 1. The van der Waals surface area contributed by atoms with Crippen LogP contribution in [-0.2, 0) is 20.9 Å². The number of likely N-dealkylation sites (tertiary alicyclic amines) is 1. The Labute approximate surface area is 155 Å². The fourth-order valence-corrected chi connectivity index (χ4v) is 3.48. The van der Waals surface area contributed by atoms with Crippen LogP contribution < -0.4 is 5.32 Å². The molecule has 0 radical (unpaired) electrons. The van der Waals surface area contributed by atoms with Gasteiger partial charge in [-0.2, -0.15) is 0 Å². The fourth-order valence-electron chi connectivity index (χ4n) is 3.48. The highest BCUT2D eigenvalue weighted by Crippen LogP contribution is 2.14. The van der Waals surface area contributed by atoms with Crippen LogP contribution in [0, 0.1) is 6.92 Å². The van der Waals surface area contributed by atoms with Crippen LogP contribution in [0.3, 0.4) is 0 Å². The molecule has 0 aliphatic carbocycles. The van der Waals surface area contributed by atoms with Gasteiger partial charge in [-0.25, -0.2) is 0 Å². The Morgan fingerprint density at radius 1 is 1.12 bits per heavy atom. The van der Waals surface area contributed by atoms with Crippen molar-refractivity contribution >= 4 is 11.8 Å². The molecule has 6 heteroatoms. The molecule has 2 aliphatic heterocycles. The highest BCUT2D eigenvalue weighted by atomic mass is 16.5. The Balaban J connectivity index is 1.44. The van der Waals surface area contributed by atoms with E-state index in [1.165, 1.54) is 12.0 Å². The van der Waals surface area contributed by atoms with E-state index in [0.29, 0.717) is 32.8 Å². The molecule has 142 valence electrons. The van der Waals surface area contributed by atoms with E-state index in [1.54, 1.807) is 0 Å². The number of piperidine rings is 1. The van der Waals surface area contributed by atoms with Crippen LogP contribution in [0.2, 0.25) is 0 Å². The van der Waals surface area contributed by atoms with Gasteiger partial charge in [0.2, 0.25) is 5.91 Å². The number of ether oxygens (including phenoxy) is 1. The third-order valence-corrected chi connectivity index (χ3v) is 5.07. The topological polar surface area (TPSA) is 61.9 Å². The Bertz CT molecular complexity index is 611. The summed E-state index contributed by atoms with van der Waals surface area (Å²) in [5.41, 5.74) is 2.29. The van der Waals surface area contributed by atoms with Crippen LogP contribution in [0.4, 0.5) is 0 Å². The minimum atomic E-state index is -0.438. The van der Waals surface area contributed by atoms with Crippen molar-refractivity contribution < 1.29 is 14.3 Å². The number of nitrogens with one attached hydrogen (secondary N) is 1. The first kappa shape index (κ1) is 18.9. The second kappa shape index (κ2) is 9.14. The number of rotatable bonds is 5. The molecule has 1 unspecified atom stereocenters. The maximum Gasteiger partial charge on any atom is 0.253 e. The summed E-state index contributed by atoms with van der Waals surface area (Å²) < 4.78 is 5.68. The third kappa shape index (κ3) is 5.29. The molecule has 0 spiro atoms. The normalized spacial score (nSPS) is 21.4. The maximum atomic E-state index is 12.6. The van der Waals surface area contributed by atoms with Crippen LogP contribution in [-0.4, -0.2) is 67.0 Å². The van der Waals surface area contributed by atoms with E-state index in [9.17, 15) is 9.59 Å². The van der Waals surface area contributed by atoms with E-state index in [4.69, 9.17) is 4.74 Å². The van der Waals surface area contributed by atoms with Gasteiger partial charge in [0.1, 0.15) is 6.10 Å². The van der Waals surface area contributed by atoms with Gasteiger partial charge in [0.05, 0.1) is 13.2 Å². The number of amides is 2. The lowest BCUT2D eigenvalue weighted by Gasteiger charge is -2.35. The largest absolute Gasteiger partial charge is 0.366 e. The van der Waals surface area contributed by atoms with Gasteiger partial charge in [-0.15, -0.1) is 0 Å². The molecule has 0 aromatic heterocycles. The molecule has 2 heterocycles. The molecular weight excluding hydrogens is 330 g/mol. The fraction of sp³-hybridized carbons (Fsp3) is 0.600. The highest BCUT2D eigenvalue weighted by Gasteiger charge is 2.31. The van der Waals surface area contributed by atoms with E-state index < -0.39 is 6.10 Å². The van der Waals surface area contributed by atoms with Crippen molar-refractivity contribution in [2.24, 2.45) is 0 Å². The molecule has 26 heavy (non-hydrogen) atoms. The van der Waals surface area contributed by atoms with E-state index >= 15 is 0 Å². The number of nitrogens with zero attached hydrogens (tertiary/aromatic N) is 2. The van der Waals surface area contributed by atoms with Crippen LogP contribution in [0.25, 0.3) is 0 Å². The van der Waals surface area contributed by atoms with Gasteiger partial charge >= 0.3 is 0 Å². The van der Waals surface area contributed by atoms with Crippen molar-refractivity contribution in [1.82, 2.24) is 15.1 Å². The molecule has 2 fully saturated rings. The van der Waals surface area contributed by atoms with E-state index in [1.807, 2.05) is 41.0 Å². The molecule has 0 saturated carbocycles. The lowest BCUT2D eigenvalue weighted by atomic mass is 10.1. The average molecular weight is 359 g/mol. The summed E-state index contributed by atoms with van der Waals surface area (Å²) in [6.07, 6.45) is 2.90. The van der Waals surface area contributed by atoms with Gasteiger partial charge in [0.15, 0.2) is 0 Å². The Morgan fingerprint density at radius 2 is 1.85 bits per heavy atom. The van der Waals surface area contributed by atoms with Crippen LogP contribution in [0.15, 0.2) is 24.3 Å². The maximum absolute atomic E-state index is 12.6. The quantitative estimate of drug-likeness (QED) is 0.861. The van der Waals surface area contributed by atoms with Crippen molar-refractivity contribution in [3.63, 3.8) is 0 Å². The SMILES string of the molecule is Cc1ccc(CNC(=O)CN2CCOC(C(=O)N3CCCCC3)C2)cc1. The Kier molecular flexibility index (Phi) is 6.63. The zero-order chi connectivity index (χ0) is 18.4. The summed E-state index contributed by atoms with van der Waals surface area (Å²) >= 11 is 0. The van der Waals surface area contributed by atoms with Crippen molar-refractivity contribution in [2.45, 2.75) is 38.8 Å². The first-order chi connectivity index (χ1) is 12.6. The van der Waals surface area contributed by atoms with Gasteiger partial charge in [-0.1, -0.05) is 29.8 Å². The van der Waals surface area contributed by atoms with Gasteiger partial charge < -0.3 is 15.0 Å². The van der Waals surface area contributed by atoms with Crippen molar-refractivity contribution in [2.75, 3.05) is 39.3 Å². The summed E-state index contributed by atoms with van der Waals surface area (Å²) in [6.45, 7) is 6.21. The molecule has 1 atom stereocenters. The summed E-state index contributed by atoms with van der Waals surface area (Å²) in [5.74, 6) is 0.0612. The Hall–Kier alpha value is -1.92. The number of morpholine rings is 1. The van der Waals surface area contributed by atoms with Gasteiger partial charge in [0, 0.05) is 32.7 Å². The summed E-state index contributed by atoms with van der Waals surface area (Å²) in [5, 5.41) is 2.96. The number of carbonyl (C=O) groups is 2. The van der Waals surface area contributed by atoms with Crippen molar-refractivity contribution in [1.29, 1.82) is 0 Å². The van der Waals surface area contributed by atoms with Crippen LogP contribution in [0.5, 0.6) is 0 Å². The smallest absolute Gasteiger partial charge is 0.253 e. The molecule has 2 saturated heterocycles. The van der Waals surface area contributed by atoms with Crippen LogP contribution >= 0.6 is 0 Å². The monoisotopic (exact) mass is 359 g/mol. The van der Waals surface area contributed by atoms with E-state index in [-0.39, 0.29) is 11.8 Å². The summed E-state index contributed by atoms with van der Waals surface area (Å²) in [7, 11) is 0. The first-order valence-electron chi connectivity index (χ1n) is 9.57. The standard InChI is InChI=1S/C20H29N3O3/c1-16-5-7-17(8-6-16)13-21-19(24)15-22-11-12-26-18(14-22)20(25)23-9-3-2-4-10-23/h5-8,18H,2-4,9-15H2,1H3,(H,21,24). The molecule has 0 bridgehead atoms. The number of benzene rings is 1. The zero-order valence-electron chi connectivity index (χ0n) is 15.6. The zero-order valence-corrected chi connectivity index (χ0v) is 15.6. The minimum absolute atomic E-state index is 0.0170. The van der Waals surface area contributed by atoms with Crippen molar-refractivity contribution in [3.05, 3.63) is 35.4 Å². The number of hydrogen-bond donors (Lipinski definition) is 1.